The molecule has 0 bridgehead atoms. The molecule has 2 heterocycles. The number of piperidine rings is 1. The van der Waals surface area contributed by atoms with E-state index in [4.69, 9.17) is 5.73 Å². The van der Waals surface area contributed by atoms with Gasteiger partial charge < -0.3 is 5.73 Å². The zero-order valence-electron chi connectivity index (χ0n) is 9.95. The number of aryl methyl sites for hydroxylation is 1. The fourth-order valence-electron chi connectivity index (χ4n) is 3.21. The van der Waals surface area contributed by atoms with Crippen LogP contribution < -0.4 is 5.73 Å². The third kappa shape index (κ3) is 1.57. The Morgan fingerprint density at radius 1 is 1.31 bits per heavy atom. The Morgan fingerprint density at radius 3 is 3.06 bits per heavy atom. The van der Waals surface area contributed by atoms with E-state index in [9.17, 15) is 0 Å². The lowest BCUT2D eigenvalue weighted by atomic mass is 9.84. The van der Waals surface area contributed by atoms with Gasteiger partial charge in [-0.2, -0.15) is 0 Å². The van der Waals surface area contributed by atoms with Crippen LogP contribution in [0, 0.1) is 6.92 Å². The van der Waals surface area contributed by atoms with E-state index >= 15 is 0 Å². The van der Waals surface area contributed by atoms with E-state index in [0.29, 0.717) is 6.04 Å². The van der Waals surface area contributed by atoms with Crippen LogP contribution in [0.2, 0.25) is 0 Å². The molecule has 2 nitrogen and oxygen atoms in total. The molecule has 1 saturated heterocycles. The van der Waals surface area contributed by atoms with Gasteiger partial charge in [0.05, 0.1) is 0 Å². The molecule has 0 radical (unpaired) electrons. The van der Waals surface area contributed by atoms with Gasteiger partial charge in [-0.25, -0.2) is 0 Å². The molecule has 2 aliphatic rings. The summed E-state index contributed by atoms with van der Waals surface area (Å²) in [4.78, 5) is 2.58. The second-order valence-corrected chi connectivity index (χ2v) is 5.26. The number of hydrogen-bond acceptors (Lipinski definition) is 2. The molecule has 1 aromatic carbocycles. The minimum atomic E-state index is 0.226. The molecule has 1 aromatic rings. The van der Waals surface area contributed by atoms with Crippen LogP contribution in [0.3, 0.4) is 0 Å². The van der Waals surface area contributed by atoms with E-state index in [1.807, 2.05) is 0 Å². The van der Waals surface area contributed by atoms with Gasteiger partial charge >= 0.3 is 0 Å². The molecule has 2 unspecified atom stereocenters. The SMILES string of the molecule is Cc1ccc2c(c1)C(N)C1CCCCN1C2. The number of benzene rings is 1. The van der Waals surface area contributed by atoms with E-state index in [1.165, 1.54) is 42.5 Å². The van der Waals surface area contributed by atoms with E-state index in [-0.39, 0.29) is 6.04 Å². The van der Waals surface area contributed by atoms with Crippen molar-refractivity contribution in [2.24, 2.45) is 5.73 Å². The van der Waals surface area contributed by atoms with E-state index < -0.39 is 0 Å². The number of nitrogens with zero attached hydrogens (tertiary/aromatic N) is 1. The van der Waals surface area contributed by atoms with Crippen LogP contribution in [0.4, 0.5) is 0 Å². The van der Waals surface area contributed by atoms with E-state index in [0.717, 1.165) is 6.54 Å². The van der Waals surface area contributed by atoms with Crippen LogP contribution in [0.1, 0.15) is 42.0 Å². The van der Waals surface area contributed by atoms with Gasteiger partial charge in [-0.05, 0) is 37.4 Å². The van der Waals surface area contributed by atoms with Gasteiger partial charge in [0.2, 0.25) is 0 Å². The van der Waals surface area contributed by atoms with E-state index in [1.54, 1.807) is 0 Å². The predicted molar refractivity (Wildman–Crippen MR) is 66.2 cm³/mol. The maximum atomic E-state index is 6.43. The highest BCUT2D eigenvalue weighted by Gasteiger charge is 2.33. The number of hydrogen-bond donors (Lipinski definition) is 1. The maximum absolute atomic E-state index is 6.43. The van der Waals surface area contributed by atoms with Crippen LogP contribution >= 0.6 is 0 Å². The first-order valence-corrected chi connectivity index (χ1v) is 6.35. The molecule has 1 fully saturated rings. The van der Waals surface area contributed by atoms with Gasteiger partial charge in [0.15, 0.2) is 0 Å². The lowest BCUT2D eigenvalue weighted by molar-refractivity contribution is 0.105. The summed E-state index contributed by atoms with van der Waals surface area (Å²) in [5.74, 6) is 0. The summed E-state index contributed by atoms with van der Waals surface area (Å²) in [6.45, 7) is 4.49. The van der Waals surface area contributed by atoms with Crippen molar-refractivity contribution in [3.63, 3.8) is 0 Å². The van der Waals surface area contributed by atoms with Crippen LogP contribution in [0.5, 0.6) is 0 Å². The molecule has 0 aliphatic carbocycles. The average molecular weight is 216 g/mol. The second-order valence-electron chi connectivity index (χ2n) is 5.26. The Morgan fingerprint density at radius 2 is 2.19 bits per heavy atom. The highest BCUT2D eigenvalue weighted by atomic mass is 15.2. The normalized spacial score (nSPS) is 29.6. The molecule has 0 amide bonds. The van der Waals surface area contributed by atoms with Crippen molar-refractivity contribution in [3.05, 3.63) is 34.9 Å². The summed E-state index contributed by atoms with van der Waals surface area (Å²) < 4.78 is 0. The standard InChI is InChI=1S/C14H20N2/c1-10-5-6-11-9-16-7-3-2-4-13(16)14(15)12(11)8-10/h5-6,8,13-14H,2-4,7,9,15H2,1H3. The van der Waals surface area contributed by atoms with Crippen molar-refractivity contribution in [2.75, 3.05) is 6.54 Å². The minimum absolute atomic E-state index is 0.226. The molecule has 86 valence electrons. The van der Waals surface area contributed by atoms with Gasteiger partial charge in [0.25, 0.3) is 0 Å². The smallest absolute Gasteiger partial charge is 0.0456 e. The zero-order valence-corrected chi connectivity index (χ0v) is 9.95. The van der Waals surface area contributed by atoms with Crippen molar-refractivity contribution in [2.45, 2.75) is 44.8 Å². The molecular weight excluding hydrogens is 196 g/mol. The topological polar surface area (TPSA) is 29.3 Å². The van der Waals surface area contributed by atoms with E-state index in [2.05, 4.69) is 30.0 Å². The van der Waals surface area contributed by atoms with Gasteiger partial charge in [0.1, 0.15) is 0 Å². The lowest BCUT2D eigenvalue weighted by Crippen LogP contribution is -2.48. The van der Waals surface area contributed by atoms with Gasteiger partial charge in [-0.15, -0.1) is 0 Å². The lowest BCUT2D eigenvalue weighted by Gasteiger charge is -2.44. The number of rotatable bonds is 0. The Bertz CT molecular complexity index is 400. The Balaban J connectivity index is 2.00. The molecule has 0 aromatic heterocycles. The molecule has 0 spiro atoms. The highest BCUT2D eigenvalue weighted by molar-refractivity contribution is 5.36. The first-order chi connectivity index (χ1) is 7.75. The van der Waals surface area contributed by atoms with Crippen LogP contribution in [-0.2, 0) is 6.54 Å². The fraction of sp³-hybridized carbons (Fsp3) is 0.571. The van der Waals surface area contributed by atoms with Crippen LogP contribution in [-0.4, -0.2) is 17.5 Å². The highest BCUT2D eigenvalue weighted by Crippen LogP contribution is 2.35. The summed E-state index contributed by atoms with van der Waals surface area (Å²) in [6.07, 6.45) is 3.95. The molecule has 2 N–H and O–H groups in total. The molecule has 2 aliphatic heterocycles. The third-order valence-corrected chi connectivity index (χ3v) is 4.11. The number of nitrogens with two attached hydrogens (primary N) is 1. The van der Waals surface area contributed by atoms with Crippen molar-refractivity contribution in [1.29, 1.82) is 0 Å². The fourth-order valence-corrected chi connectivity index (χ4v) is 3.21. The molecule has 0 saturated carbocycles. The predicted octanol–water partition coefficient (Wildman–Crippen LogP) is 2.36. The van der Waals surface area contributed by atoms with Crippen LogP contribution in [0.15, 0.2) is 18.2 Å². The zero-order chi connectivity index (χ0) is 11.1. The second kappa shape index (κ2) is 3.86. The van der Waals surface area contributed by atoms with Gasteiger partial charge in [-0.3, -0.25) is 4.90 Å². The average Bonchev–Trinajstić information content (AvgIpc) is 2.31. The Labute approximate surface area is 97.4 Å². The minimum Gasteiger partial charge on any atom is -0.323 e. The molecule has 2 heteroatoms. The van der Waals surface area contributed by atoms with Crippen molar-refractivity contribution >= 4 is 0 Å². The first kappa shape index (κ1) is 10.3. The molecular formula is C14H20N2. The van der Waals surface area contributed by atoms with Gasteiger partial charge in [-0.1, -0.05) is 30.2 Å². The first-order valence-electron chi connectivity index (χ1n) is 6.35. The molecule has 2 atom stereocenters. The Hall–Kier alpha value is -0.860. The van der Waals surface area contributed by atoms with Crippen molar-refractivity contribution in [1.82, 2.24) is 4.90 Å². The Kier molecular flexibility index (Phi) is 2.49. The van der Waals surface area contributed by atoms with Gasteiger partial charge in [0, 0.05) is 18.6 Å². The quantitative estimate of drug-likeness (QED) is 0.721. The monoisotopic (exact) mass is 216 g/mol. The summed E-state index contributed by atoms with van der Waals surface area (Å²) in [5.41, 5.74) is 10.6. The number of fused-ring (bicyclic) bond motifs is 2. The molecule has 3 rings (SSSR count). The summed E-state index contributed by atoms with van der Waals surface area (Å²) in [5, 5.41) is 0. The summed E-state index contributed by atoms with van der Waals surface area (Å²) in [7, 11) is 0. The summed E-state index contributed by atoms with van der Waals surface area (Å²) >= 11 is 0. The largest absolute Gasteiger partial charge is 0.323 e. The van der Waals surface area contributed by atoms with Crippen molar-refractivity contribution < 1.29 is 0 Å². The van der Waals surface area contributed by atoms with Crippen LogP contribution in [0.25, 0.3) is 0 Å². The van der Waals surface area contributed by atoms with Crippen molar-refractivity contribution in [3.8, 4) is 0 Å². The third-order valence-electron chi connectivity index (χ3n) is 4.11. The summed E-state index contributed by atoms with van der Waals surface area (Å²) in [6, 6.07) is 7.56. The molecule has 16 heavy (non-hydrogen) atoms. The maximum Gasteiger partial charge on any atom is 0.0456 e.